The summed E-state index contributed by atoms with van der Waals surface area (Å²) in [7, 11) is 0. The molecule has 0 radical (unpaired) electrons. The lowest BCUT2D eigenvalue weighted by atomic mass is 10.1. The maximum atomic E-state index is 13.5. The number of carbonyl (C=O) groups excluding carboxylic acids is 5. The molecule has 12 heteroatoms. The van der Waals surface area contributed by atoms with E-state index in [-0.39, 0.29) is 19.8 Å². The fraction of sp³-hybridized carbons (Fsp3) is 0.452. The van der Waals surface area contributed by atoms with E-state index < -0.39 is 66.0 Å². The van der Waals surface area contributed by atoms with Gasteiger partial charge in [0.1, 0.15) is 24.3 Å². The number of nitrogens with one attached hydrogen (secondary N) is 1. The molecule has 0 unspecified atom stereocenters. The van der Waals surface area contributed by atoms with Crippen LogP contribution in [-0.2, 0) is 51.4 Å². The van der Waals surface area contributed by atoms with E-state index in [1.165, 1.54) is 4.90 Å². The first-order valence-electron chi connectivity index (χ1n) is 14.0. The van der Waals surface area contributed by atoms with E-state index in [9.17, 15) is 29.1 Å². The first-order chi connectivity index (χ1) is 20.4. The third-order valence-corrected chi connectivity index (χ3v) is 6.52. The lowest BCUT2D eigenvalue weighted by molar-refractivity contribution is -0.169. The molecule has 43 heavy (non-hydrogen) atoms. The predicted molar refractivity (Wildman–Crippen MR) is 154 cm³/mol. The Bertz CT molecular complexity index is 1260. The number of likely N-dealkylation sites (tertiary alicyclic amines) is 1. The smallest absolute Gasteiger partial charge is 0.329 e. The number of aliphatic hydroxyl groups is 1. The first-order valence-corrected chi connectivity index (χ1v) is 14.0. The lowest BCUT2D eigenvalue weighted by Gasteiger charge is -2.31. The molecule has 1 heterocycles. The Morgan fingerprint density at radius 1 is 0.977 bits per heavy atom. The van der Waals surface area contributed by atoms with Crippen molar-refractivity contribution >= 4 is 29.7 Å². The Morgan fingerprint density at radius 3 is 2.12 bits per heavy atom. The van der Waals surface area contributed by atoms with E-state index in [0.29, 0.717) is 24.0 Å². The van der Waals surface area contributed by atoms with E-state index in [2.05, 4.69) is 5.32 Å². The zero-order valence-electron chi connectivity index (χ0n) is 24.6. The number of esters is 2. The quantitative estimate of drug-likeness (QED) is 0.288. The van der Waals surface area contributed by atoms with Gasteiger partial charge in [-0.25, -0.2) is 9.59 Å². The fourth-order valence-corrected chi connectivity index (χ4v) is 4.49. The number of nitrogens with two attached hydrogens (primary N) is 1. The van der Waals surface area contributed by atoms with Gasteiger partial charge in [0.05, 0.1) is 13.0 Å². The molecule has 1 aliphatic rings. The molecule has 1 saturated heterocycles. The monoisotopic (exact) mass is 597 g/mol. The molecule has 4 atom stereocenters. The van der Waals surface area contributed by atoms with E-state index >= 15 is 0 Å². The molecule has 12 nitrogen and oxygen atoms in total. The molecule has 1 aliphatic heterocycles. The van der Waals surface area contributed by atoms with Crippen molar-refractivity contribution in [1.29, 1.82) is 0 Å². The minimum atomic E-state index is -2.05. The summed E-state index contributed by atoms with van der Waals surface area (Å²) in [5.74, 6) is -4.42. The molecule has 3 rings (SSSR count). The largest absolute Gasteiger partial charge is 0.459 e. The van der Waals surface area contributed by atoms with Gasteiger partial charge in [0.25, 0.3) is 11.8 Å². The highest BCUT2D eigenvalue weighted by molar-refractivity contribution is 5.95. The molecular weight excluding hydrogens is 558 g/mol. The van der Waals surface area contributed by atoms with Crippen LogP contribution in [0.2, 0.25) is 0 Å². The van der Waals surface area contributed by atoms with Crippen molar-refractivity contribution in [3.05, 3.63) is 71.8 Å². The number of rotatable bonds is 13. The maximum Gasteiger partial charge on any atom is 0.329 e. The summed E-state index contributed by atoms with van der Waals surface area (Å²) in [6.07, 6.45) is -3.66. The number of hydrogen-bond donors (Lipinski definition) is 3. The number of aliphatic hydroxyl groups excluding tert-OH is 1. The average molecular weight is 598 g/mol. The molecular formula is C31H39N3O9. The normalized spacial score (nSPS) is 16.9. The Kier molecular flexibility index (Phi) is 11.8. The summed E-state index contributed by atoms with van der Waals surface area (Å²) in [6, 6.07) is 15.0. The maximum absolute atomic E-state index is 13.5. The van der Waals surface area contributed by atoms with Gasteiger partial charge in [-0.15, -0.1) is 0 Å². The highest BCUT2D eigenvalue weighted by atomic mass is 16.6. The van der Waals surface area contributed by atoms with Crippen molar-refractivity contribution in [2.75, 3.05) is 6.54 Å². The third kappa shape index (κ3) is 10.2. The van der Waals surface area contributed by atoms with Gasteiger partial charge in [0, 0.05) is 6.54 Å². The van der Waals surface area contributed by atoms with Crippen LogP contribution >= 0.6 is 0 Å². The van der Waals surface area contributed by atoms with Crippen LogP contribution in [0.25, 0.3) is 0 Å². The molecule has 0 spiro atoms. The van der Waals surface area contributed by atoms with E-state index in [4.69, 9.17) is 19.9 Å². The minimum absolute atomic E-state index is 0.124. The number of carbonyl (C=O) groups is 5. The Hall–Kier alpha value is -4.29. The molecule has 0 bridgehead atoms. The zero-order chi connectivity index (χ0) is 31.6. The van der Waals surface area contributed by atoms with Crippen molar-refractivity contribution in [3.8, 4) is 0 Å². The van der Waals surface area contributed by atoms with Gasteiger partial charge in [0.15, 0.2) is 12.2 Å². The standard InChI is InChI=1S/C31H39N3O9/c1-31(2,3)43-30(40)23-15-10-16-34(23)28(38)25(36)26(41-18-20-11-6-4-7-12-20)27(37)33-22(17-24(32)35)29(39)42-19-21-13-8-5-9-14-21/h4-9,11-14,22-23,25-26,36H,10,15-19H2,1-3H3,(H2,32,35)(H,33,37)/t22-,23-,25-,26-/m0/s1. The van der Waals surface area contributed by atoms with Crippen LogP contribution in [0, 0.1) is 0 Å². The van der Waals surface area contributed by atoms with Crippen LogP contribution in [0.1, 0.15) is 51.2 Å². The van der Waals surface area contributed by atoms with Crippen molar-refractivity contribution in [2.45, 2.75) is 83.1 Å². The van der Waals surface area contributed by atoms with Crippen LogP contribution in [-0.4, -0.2) is 76.1 Å². The summed E-state index contributed by atoms with van der Waals surface area (Å²) in [5, 5.41) is 13.5. The number of amides is 3. The summed E-state index contributed by atoms with van der Waals surface area (Å²) < 4.78 is 16.5. The molecule has 232 valence electrons. The van der Waals surface area contributed by atoms with Gasteiger partial charge in [-0.05, 0) is 44.7 Å². The molecule has 3 amide bonds. The van der Waals surface area contributed by atoms with E-state index in [1.54, 1.807) is 81.4 Å². The van der Waals surface area contributed by atoms with Gasteiger partial charge >= 0.3 is 11.9 Å². The molecule has 0 aliphatic carbocycles. The first kappa shape index (κ1) is 33.2. The highest BCUT2D eigenvalue weighted by Crippen LogP contribution is 2.23. The number of nitrogens with zero attached hydrogens (tertiary/aromatic N) is 1. The molecule has 0 saturated carbocycles. The second-order valence-electron chi connectivity index (χ2n) is 11.2. The number of benzene rings is 2. The summed E-state index contributed by atoms with van der Waals surface area (Å²) in [5.41, 5.74) is 5.85. The number of primary amides is 1. The van der Waals surface area contributed by atoms with Crippen LogP contribution in [0.15, 0.2) is 60.7 Å². The lowest BCUT2D eigenvalue weighted by Crippen LogP contribution is -2.56. The summed E-state index contributed by atoms with van der Waals surface area (Å²) in [4.78, 5) is 65.5. The zero-order valence-corrected chi connectivity index (χ0v) is 24.6. The molecule has 2 aromatic carbocycles. The summed E-state index contributed by atoms with van der Waals surface area (Å²) >= 11 is 0. The van der Waals surface area contributed by atoms with Gasteiger partial charge in [-0.3, -0.25) is 14.4 Å². The predicted octanol–water partition coefficient (Wildman–Crippen LogP) is 1.37. The Labute approximate surface area is 250 Å². The van der Waals surface area contributed by atoms with Crippen molar-refractivity contribution in [2.24, 2.45) is 5.73 Å². The van der Waals surface area contributed by atoms with Gasteiger partial charge in [-0.2, -0.15) is 0 Å². The number of hydrogen-bond acceptors (Lipinski definition) is 9. The molecule has 1 fully saturated rings. The van der Waals surface area contributed by atoms with E-state index in [1.807, 2.05) is 0 Å². The number of ether oxygens (including phenoxy) is 3. The fourth-order valence-electron chi connectivity index (χ4n) is 4.49. The topological polar surface area (TPSA) is 175 Å². The van der Waals surface area contributed by atoms with Crippen LogP contribution in [0.3, 0.4) is 0 Å². The second kappa shape index (κ2) is 15.3. The minimum Gasteiger partial charge on any atom is -0.459 e. The van der Waals surface area contributed by atoms with Crippen LogP contribution < -0.4 is 11.1 Å². The van der Waals surface area contributed by atoms with Gasteiger partial charge in [-0.1, -0.05) is 60.7 Å². The Balaban J connectivity index is 1.79. The average Bonchev–Trinajstić information content (AvgIpc) is 3.45. The van der Waals surface area contributed by atoms with Crippen molar-refractivity contribution in [3.63, 3.8) is 0 Å². The molecule has 0 aromatic heterocycles. The SMILES string of the molecule is CC(C)(C)OC(=O)[C@@H]1CCCN1C(=O)[C@@H](O)[C@H](OCc1ccccc1)C(=O)N[C@@H](CC(N)=O)C(=O)OCc1ccccc1. The van der Waals surface area contributed by atoms with Gasteiger partial charge < -0.3 is 35.3 Å². The van der Waals surface area contributed by atoms with Crippen LogP contribution in [0.4, 0.5) is 0 Å². The third-order valence-electron chi connectivity index (χ3n) is 6.52. The van der Waals surface area contributed by atoms with Crippen molar-refractivity contribution < 1.29 is 43.3 Å². The Morgan fingerprint density at radius 2 is 1.56 bits per heavy atom. The van der Waals surface area contributed by atoms with E-state index in [0.717, 1.165) is 0 Å². The molecule has 4 N–H and O–H groups in total. The molecule has 2 aromatic rings. The summed E-state index contributed by atoms with van der Waals surface area (Å²) in [6.45, 7) is 4.96. The highest BCUT2D eigenvalue weighted by Gasteiger charge is 2.43. The van der Waals surface area contributed by atoms with Gasteiger partial charge in [0.2, 0.25) is 5.91 Å². The van der Waals surface area contributed by atoms with Crippen LogP contribution in [0.5, 0.6) is 0 Å². The second-order valence-corrected chi connectivity index (χ2v) is 11.2. The van der Waals surface area contributed by atoms with Crippen molar-refractivity contribution in [1.82, 2.24) is 10.2 Å².